The van der Waals surface area contributed by atoms with Gasteiger partial charge in [0.05, 0.1) is 17.4 Å². The second kappa shape index (κ2) is 7.98. The van der Waals surface area contributed by atoms with Gasteiger partial charge < -0.3 is 9.80 Å². The third-order valence-corrected chi connectivity index (χ3v) is 6.56. The molecule has 0 spiro atoms. The Labute approximate surface area is 191 Å². The molecule has 0 bridgehead atoms. The molecule has 0 N–H and O–H groups in total. The third-order valence-electron chi connectivity index (χ3n) is 6.56. The van der Waals surface area contributed by atoms with Gasteiger partial charge in [0.15, 0.2) is 0 Å². The molecule has 164 valence electrons. The first kappa shape index (κ1) is 19.9. The average Bonchev–Trinajstić information content (AvgIpc) is 3.27. The van der Waals surface area contributed by atoms with E-state index in [1.54, 1.807) is 12.3 Å². The van der Waals surface area contributed by atoms with E-state index >= 15 is 0 Å². The number of nitrogens with zero attached hydrogens (tertiary/aromatic N) is 5. The summed E-state index contributed by atoms with van der Waals surface area (Å²) in [6.07, 6.45) is 5.63. The first-order valence-corrected chi connectivity index (χ1v) is 11.2. The summed E-state index contributed by atoms with van der Waals surface area (Å²) in [7, 11) is 2.17. The average molecular weight is 438 g/mol. The van der Waals surface area contributed by atoms with Gasteiger partial charge in [-0.3, -0.25) is 9.38 Å². The van der Waals surface area contributed by atoms with Crippen molar-refractivity contribution >= 4 is 22.2 Å². The Kier molecular flexibility index (Phi) is 4.80. The summed E-state index contributed by atoms with van der Waals surface area (Å²) in [6, 6.07) is 19.6. The minimum Gasteiger partial charge on any atom is -0.369 e. The van der Waals surface area contributed by atoms with Gasteiger partial charge in [-0.2, -0.15) is 0 Å². The smallest absolute Gasteiger partial charge is 0.137 e. The molecule has 1 aliphatic heterocycles. The molecule has 2 aromatic carbocycles. The number of aromatic nitrogens is 3. The van der Waals surface area contributed by atoms with Gasteiger partial charge in [0.2, 0.25) is 0 Å². The number of halogens is 1. The van der Waals surface area contributed by atoms with Crippen molar-refractivity contribution in [1.82, 2.24) is 19.3 Å². The van der Waals surface area contributed by atoms with Crippen LogP contribution in [0.15, 0.2) is 79.3 Å². The molecule has 1 aliphatic rings. The van der Waals surface area contributed by atoms with Crippen molar-refractivity contribution < 1.29 is 4.39 Å². The second-order valence-corrected chi connectivity index (χ2v) is 8.64. The molecule has 0 amide bonds. The highest BCUT2D eigenvalue weighted by Crippen LogP contribution is 2.30. The van der Waals surface area contributed by atoms with Crippen LogP contribution in [0, 0.1) is 5.82 Å². The summed E-state index contributed by atoms with van der Waals surface area (Å²) < 4.78 is 16.0. The van der Waals surface area contributed by atoms with Crippen LogP contribution in [0.2, 0.25) is 0 Å². The molecule has 4 heterocycles. The van der Waals surface area contributed by atoms with E-state index in [2.05, 4.69) is 63.2 Å². The maximum atomic E-state index is 13.9. The summed E-state index contributed by atoms with van der Waals surface area (Å²) >= 11 is 0. The maximum absolute atomic E-state index is 13.9. The van der Waals surface area contributed by atoms with Crippen LogP contribution in [0.4, 0.5) is 10.1 Å². The van der Waals surface area contributed by atoms with Crippen LogP contribution in [-0.4, -0.2) is 52.5 Å². The lowest BCUT2D eigenvalue weighted by atomic mass is 10.1. The fraction of sp³-hybridized carbons (Fsp3) is 0.185. The SMILES string of the molecule is CN1CCN(c2ccc(-c3ccn4c(-c5ccnc6ccc(F)cc56)cnc4c3)cc2)CC1. The number of anilines is 1. The van der Waals surface area contributed by atoms with Crippen molar-refractivity contribution in [3.05, 3.63) is 85.1 Å². The van der Waals surface area contributed by atoms with Crippen LogP contribution >= 0.6 is 0 Å². The molecule has 3 aromatic heterocycles. The van der Waals surface area contributed by atoms with Crippen molar-refractivity contribution in [2.45, 2.75) is 0 Å². The van der Waals surface area contributed by atoms with Gasteiger partial charge in [0, 0.05) is 55.2 Å². The Morgan fingerprint density at radius 2 is 1.64 bits per heavy atom. The summed E-state index contributed by atoms with van der Waals surface area (Å²) in [5.41, 5.74) is 7.00. The monoisotopic (exact) mass is 437 g/mol. The Balaban J connectivity index is 1.33. The molecule has 0 atom stereocenters. The largest absolute Gasteiger partial charge is 0.369 e. The van der Waals surface area contributed by atoms with E-state index in [-0.39, 0.29) is 5.82 Å². The number of piperazine rings is 1. The summed E-state index contributed by atoms with van der Waals surface area (Å²) in [4.78, 5) is 13.8. The van der Waals surface area contributed by atoms with Gasteiger partial charge in [0.1, 0.15) is 11.5 Å². The molecular weight excluding hydrogens is 413 g/mol. The number of fused-ring (bicyclic) bond motifs is 2. The molecule has 0 radical (unpaired) electrons. The number of imidazole rings is 1. The standard InChI is InChI=1S/C27H24FN5/c1-31-12-14-32(15-13-31)22-5-2-19(3-6-22)20-9-11-33-26(18-30-27(33)16-20)23-8-10-29-25-7-4-21(28)17-24(23)25/h2-11,16-18H,12-15H2,1H3. The fourth-order valence-corrected chi connectivity index (χ4v) is 4.63. The van der Waals surface area contributed by atoms with Gasteiger partial charge >= 0.3 is 0 Å². The topological polar surface area (TPSA) is 36.7 Å². The lowest BCUT2D eigenvalue weighted by Gasteiger charge is -2.34. The maximum Gasteiger partial charge on any atom is 0.137 e. The molecule has 5 aromatic rings. The van der Waals surface area contributed by atoms with Gasteiger partial charge in [-0.25, -0.2) is 9.37 Å². The van der Waals surface area contributed by atoms with Crippen LogP contribution in [0.5, 0.6) is 0 Å². The van der Waals surface area contributed by atoms with Gasteiger partial charge in [0.25, 0.3) is 0 Å². The molecule has 6 rings (SSSR count). The van der Waals surface area contributed by atoms with Crippen molar-refractivity contribution in [3.8, 4) is 22.4 Å². The zero-order valence-electron chi connectivity index (χ0n) is 18.4. The van der Waals surface area contributed by atoms with E-state index in [0.717, 1.165) is 65.1 Å². The summed E-state index contributed by atoms with van der Waals surface area (Å²) in [5, 5.41) is 0.780. The molecule has 5 nitrogen and oxygen atoms in total. The van der Waals surface area contributed by atoms with Crippen molar-refractivity contribution in [1.29, 1.82) is 0 Å². The number of pyridine rings is 2. The van der Waals surface area contributed by atoms with Gasteiger partial charge in [-0.15, -0.1) is 0 Å². The number of hydrogen-bond acceptors (Lipinski definition) is 4. The van der Waals surface area contributed by atoms with E-state index in [0.29, 0.717) is 0 Å². The normalized spacial score (nSPS) is 14.9. The Hall–Kier alpha value is -3.77. The number of rotatable bonds is 3. The minimum atomic E-state index is -0.270. The number of hydrogen-bond donors (Lipinski definition) is 0. The van der Waals surface area contributed by atoms with E-state index in [1.165, 1.54) is 17.8 Å². The van der Waals surface area contributed by atoms with Crippen LogP contribution in [0.3, 0.4) is 0 Å². The zero-order valence-corrected chi connectivity index (χ0v) is 18.4. The minimum absolute atomic E-state index is 0.270. The van der Waals surface area contributed by atoms with E-state index in [4.69, 9.17) is 0 Å². The molecule has 1 saturated heterocycles. The van der Waals surface area contributed by atoms with E-state index in [9.17, 15) is 4.39 Å². The highest BCUT2D eigenvalue weighted by atomic mass is 19.1. The molecule has 1 fully saturated rings. The van der Waals surface area contributed by atoms with Crippen LogP contribution in [0.25, 0.3) is 38.9 Å². The second-order valence-electron chi connectivity index (χ2n) is 8.64. The molecular formula is C27H24FN5. The predicted octanol–water partition coefficient (Wildman–Crippen LogP) is 5.11. The quantitative estimate of drug-likeness (QED) is 0.393. The van der Waals surface area contributed by atoms with Gasteiger partial charge in [-0.1, -0.05) is 12.1 Å². The molecule has 6 heteroatoms. The first-order chi connectivity index (χ1) is 16.2. The van der Waals surface area contributed by atoms with Crippen LogP contribution in [-0.2, 0) is 0 Å². The van der Waals surface area contributed by atoms with Crippen molar-refractivity contribution in [2.75, 3.05) is 38.1 Å². The van der Waals surface area contributed by atoms with E-state index < -0.39 is 0 Å². The molecule has 0 unspecified atom stereocenters. The fourth-order valence-electron chi connectivity index (χ4n) is 4.63. The third kappa shape index (κ3) is 3.62. The predicted molar refractivity (Wildman–Crippen MR) is 131 cm³/mol. The zero-order chi connectivity index (χ0) is 22.4. The summed E-state index contributed by atoms with van der Waals surface area (Å²) in [6.45, 7) is 4.32. The van der Waals surface area contributed by atoms with E-state index in [1.807, 2.05) is 22.9 Å². The van der Waals surface area contributed by atoms with Crippen LogP contribution in [0.1, 0.15) is 0 Å². The highest BCUT2D eigenvalue weighted by Gasteiger charge is 2.15. The van der Waals surface area contributed by atoms with Crippen LogP contribution < -0.4 is 4.90 Å². The highest BCUT2D eigenvalue weighted by molar-refractivity contribution is 5.94. The Morgan fingerprint density at radius 1 is 0.818 bits per heavy atom. The molecule has 33 heavy (non-hydrogen) atoms. The summed E-state index contributed by atoms with van der Waals surface area (Å²) in [5.74, 6) is -0.270. The van der Waals surface area contributed by atoms with Gasteiger partial charge in [-0.05, 0) is 66.7 Å². The lowest BCUT2D eigenvalue weighted by molar-refractivity contribution is 0.313. The number of benzene rings is 2. The van der Waals surface area contributed by atoms with Crippen molar-refractivity contribution in [3.63, 3.8) is 0 Å². The molecule has 0 aliphatic carbocycles. The van der Waals surface area contributed by atoms with Crippen molar-refractivity contribution in [2.24, 2.45) is 0 Å². The number of likely N-dealkylation sites (N-methyl/N-ethyl adjacent to an activating group) is 1. The lowest BCUT2D eigenvalue weighted by Crippen LogP contribution is -2.44. The first-order valence-electron chi connectivity index (χ1n) is 11.2. The molecule has 0 saturated carbocycles. The Bertz CT molecular complexity index is 1450. The Morgan fingerprint density at radius 3 is 2.45 bits per heavy atom.